The van der Waals surface area contributed by atoms with E-state index in [2.05, 4.69) is 36.3 Å². The summed E-state index contributed by atoms with van der Waals surface area (Å²) in [6, 6.07) is 8.87. The van der Waals surface area contributed by atoms with Crippen molar-refractivity contribution in [1.82, 2.24) is 4.90 Å². The zero-order valence-corrected chi connectivity index (χ0v) is 13.6. The van der Waals surface area contributed by atoms with Crippen molar-refractivity contribution in [3.63, 3.8) is 0 Å². The number of nitrogens with zero attached hydrogens (tertiary/aromatic N) is 1. The minimum Gasteiger partial charge on any atom is -0.497 e. The van der Waals surface area contributed by atoms with Crippen molar-refractivity contribution >= 4 is 16.7 Å². The molecule has 2 rings (SSSR count). The smallest absolute Gasteiger partial charge is 0.118 e. The predicted octanol–water partition coefficient (Wildman–Crippen LogP) is 4.27. The Bertz CT molecular complexity index is 435. The zero-order valence-electron chi connectivity index (χ0n) is 12.8. The molecule has 1 fully saturated rings. The molecule has 1 aromatic rings. The van der Waals surface area contributed by atoms with Crippen LogP contribution in [0.3, 0.4) is 0 Å². The van der Waals surface area contributed by atoms with Gasteiger partial charge in [0, 0.05) is 10.9 Å². The highest BCUT2D eigenvalue weighted by Gasteiger charge is 2.15. The van der Waals surface area contributed by atoms with Crippen LogP contribution in [0.15, 0.2) is 30.3 Å². The molecule has 2 nitrogen and oxygen atoms in total. The van der Waals surface area contributed by atoms with Crippen molar-refractivity contribution in [3.05, 3.63) is 35.9 Å². The van der Waals surface area contributed by atoms with Crippen LogP contribution in [-0.2, 0) is 0 Å². The summed E-state index contributed by atoms with van der Waals surface area (Å²) in [6.45, 7) is 4.79. The highest BCUT2D eigenvalue weighted by Crippen LogP contribution is 2.28. The average Bonchev–Trinajstić information content (AvgIpc) is 2.53. The number of methoxy groups -OCH3 is 1. The van der Waals surface area contributed by atoms with E-state index >= 15 is 0 Å². The Hall–Kier alpha value is -0.930. The van der Waals surface area contributed by atoms with Crippen LogP contribution in [0.25, 0.3) is 4.91 Å². The molecule has 0 aliphatic carbocycles. The second-order valence-corrected chi connectivity index (χ2v) is 6.15. The molecule has 1 unspecified atom stereocenters. The van der Waals surface area contributed by atoms with E-state index in [1.54, 1.807) is 7.11 Å². The molecule has 0 aromatic heterocycles. The SMILES string of the molecule is COc1ccc(/C(=C/C(C)N2CCCCC2)SC)cc1. The summed E-state index contributed by atoms with van der Waals surface area (Å²) in [5, 5.41) is 0. The number of piperidine rings is 1. The van der Waals surface area contributed by atoms with Gasteiger partial charge in [-0.2, -0.15) is 0 Å². The Balaban J connectivity index is 2.10. The molecule has 1 aliphatic rings. The van der Waals surface area contributed by atoms with E-state index in [0.29, 0.717) is 6.04 Å². The highest BCUT2D eigenvalue weighted by atomic mass is 32.2. The molecule has 0 saturated carbocycles. The van der Waals surface area contributed by atoms with Crippen LogP contribution in [0.5, 0.6) is 5.75 Å². The van der Waals surface area contributed by atoms with Gasteiger partial charge in [-0.25, -0.2) is 0 Å². The molecule has 1 aromatic carbocycles. The van der Waals surface area contributed by atoms with E-state index in [1.165, 1.54) is 42.8 Å². The number of thioether (sulfide) groups is 1. The predicted molar refractivity (Wildman–Crippen MR) is 89.4 cm³/mol. The van der Waals surface area contributed by atoms with E-state index in [-0.39, 0.29) is 0 Å². The molecule has 20 heavy (non-hydrogen) atoms. The third kappa shape index (κ3) is 4.03. The van der Waals surface area contributed by atoms with Gasteiger partial charge in [0.05, 0.1) is 7.11 Å². The number of rotatable bonds is 5. The fourth-order valence-electron chi connectivity index (χ4n) is 2.69. The van der Waals surface area contributed by atoms with Crippen molar-refractivity contribution < 1.29 is 4.74 Å². The molecule has 0 spiro atoms. The fraction of sp³-hybridized carbons (Fsp3) is 0.529. The van der Waals surface area contributed by atoms with Crippen molar-refractivity contribution in [2.75, 3.05) is 26.5 Å². The van der Waals surface area contributed by atoms with Crippen LogP contribution >= 0.6 is 11.8 Å². The van der Waals surface area contributed by atoms with Crippen LogP contribution in [0, 0.1) is 0 Å². The summed E-state index contributed by atoms with van der Waals surface area (Å²) < 4.78 is 5.22. The van der Waals surface area contributed by atoms with Gasteiger partial charge in [0.1, 0.15) is 5.75 Å². The maximum absolute atomic E-state index is 5.22. The Kier molecular flexibility index (Phi) is 5.99. The Labute approximate surface area is 127 Å². The number of benzene rings is 1. The molecule has 1 heterocycles. The number of ether oxygens (including phenoxy) is 1. The lowest BCUT2D eigenvalue weighted by Crippen LogP contribution is -2.36. The Morgan fingerprint density at radius 1 is 1.20 bits per heavy atom. The minimum atomic E-state index is 0.514. The molecular weight excluding hydrogens is 266 g/mol. The van der Waals surface area contributed by atoms with Gasteiger partial charge in [0.25, 0.3) is 0 Å². The summed E-state index contributed by atoms with van der Waals surface area (Å²) in [6.07, 6.45) is 8.63. The van der Waals surface area contributed by atoms with Gasteiger partial charge >= 0.3 is 0 Å². The van der Waals surface area contributed by atoms with Crippen molar-refractivity contribution in [1.29, 1.82) is 0 Å². The van der Waals surface area contributed by atoms with Gasteiger partial charge in [-0.15, -0.1) is 11.8 Å². The monoisotopic (exact) mass is 291 g/mol. The van der Waals surface area contributed by atoms with Gasteiger partial charge in [-0.1, -0.05) is 24.6 Å². The summed E-state index contributed by atoms with van der Waals surface area (Å²) in [4.78, 5) is 3.94. The van der Waals surface area contributed by atoms with E-state index in [9.17, 15) is 0 Å². The minimum absolute atomic E-state index is 0.514. The fourth-order valence-corrected chi connectivity index (χ4v) is 3.39. The van der Waals surface area contributed by atoms with Crippen LogP contribution in [0.4, 0.5) is 0 Å². The van der Waals surface area contributed by atoms with Gasteiger partial charge in [-0.3, -0.25) is 4.90 Å². The Morgan fingerprint density at radius 3 is 2.40 bits per heavy atom. The quantitative estimate of drug-likeness (QED) is 0.803. The molecule has 0 bridgehead atoms. The summed E-state index contributed by atoms with van der Waals surface area (Å²) in [5.74, 6) is 0.915. The Morgan fingerprint density at radius 2 is 1.85 bits per heavy atom. The van der Waals surface area contributed by atoms with Crippen LogP contribution < -0.4 is 4.74 Å². The molecule has 0 N–H and O–H groups in total. The number of likely N-dealkylation sites (tertiary alicyclic amines) is 1. The number of hydrogen-bond donors (Lipinski definition) is 0. The van der Waals surface area contributed by atoms with E-state index in [0.717, 1.165) is 5.75 Å². The zero-order chi connectivity index (χ0) is 14.4. The topological polar surface area (TPSA) is 12.5 Å². The van der Waals surface area contributed by atoms with Crippen molar-refractivity contribution in [3.8, 4) is 5.75 Å². The summed E-state index contributed by atoms with van der Waals surface area (Å²) in [7, 11) is 1.71. The van der Waals surface area contributed by atoms with Crippen LogP contribution in [-0.4, -0.2) is 37.4 Å². The first kappa shape index (κ1) is 15.5. The van der Waals surface area contributed by atoms with Gasteiger partial charge < -0.3 is 4.74 Å². The van der Waals surface area contributed by atoms with Crippen molar-refractivity contribution in [2.24, 2.45) is 0 Å². The normalized spacial score (nSPS) is 18.9. The molecular formula is C17H25NOS. The summed E-state index contributed by atoms with van der Waals surface area (Å²) >= 11 is 1.82. The maximum atomic E-state index is 5.22. The second kappa shape index (κ2) is 7.75. The second-order valence-electron chi connectivity index (χ2n) is 5.30. The van der Waals surface area contributed by atoms with Crippen molar-refractivity contribution in [2.45, 2.75) is 32.2 Å². The van der Waals surface area contributed by atoms with E-state index < -0.39 is 0 Å². The first-order chi connectivity index (χ1) is 9.74. The van der Waals surface area contributed by atoms with Gasteiger partial charge in [0.15, 0.2) is 0 Å². The van der Waals surface area contributed by atoms with E-state index in [4.69, 9.17) is 4.74 Å². The third-order valence-corrected chi connectivity index (χ3v) is 4.77. The first-order valence-electron chi connectivity index (χ1n) is 7.39. The first-order valence-corrected chi connectivity index (χ1v) is 8.61. The maximum Gasteiger partial charge on any atom is 0.118 e. The molecule has 0 radical (unpaired) electrons. The molecule has 0 amide bonds. The average molecular weight is 291 g/mol. The third-order valence-electron chi connectivity index (χ3n) is 3.95. The molecule has 3 heteroatoms. The highest BCUT2D eigenvalue weighted by molar-refractivity contribution is 8.07. The lowest BCUT2D eigenvalue weighted by Gasteiger charge is -2.31. The van der Waals surface area contributed by atoms with Crippen LogP contribution in [0.1, 0.15) is 31.7 Å². The van der Waals surface area contributed by atoms with Crippen LogP contribution in [0.2, 0.25) is 0 Å². The molecule has 1 saturated heterocycles. The molecule has 110 valence electrons. The lowest BCUT2D eigenvalue weighted by molar-refractivity contribution is 0.201. The molecule has 1 atom stereocenters. The summed E-state index contributed by atoms with van der Waals surface area (Å²) in [5.41, 5.74) is 1.28. The number of hydrogen-bond acceptors (Lipinski definition) is 3. The van der Waals surface area contributed by atoms with Gasteiger partial charge in [0.2, 0.25) is 0 Å². The molecule has 1 aliphatic heterocycles. The lowest BCUT2D eigenvalue weighted by atomic mass is 10.1. The standard InChI is InChI=1S/C17H25NOS/c1-14(18-11-5-4-6-12-18)13-17(20-3)15-7-9-16(19-2)10-8-15/h7-10,13-14H,4-6,11-12H2,1-3H3/b17-13-. The van der Waals surface area contributed by atoms with E-state index in [1.807, 2.05) is 23.9 Å². The largest absolute Gasteiger partial charge is 0.497 e. The van der Waals surface area contributed by atoms with Gasteiger partial charge in [-0.05, 0) is 56.8 Å².